The number of likely N-dealkylation sites (N-methyl/N-ethyl adjacent to an activating group) is 1. The van der Waals surface area contributed by atoms with Gasteiger partial charge in [0.05, 0.1) is 32.7 Å². The van der Waals surface area contributed by atoms with Gasteiger partial charge in [0.2, 0.25) is 0 Å². The van der Waals surface area contributed by atoms with E-state index in [9.17, 15) is 13.6 Å². The van der Waals surface area contributed by atoms with Crippen molar-refractivity contribution in [2.75, 3.05) is 49.5 Å². The molecule has 0 saturated carbocycles. The van der Waals surface area contributed by atoms with Gasteiger partial charge in [-0.15, -0.1) is 0 Å². The normalized spacial score (nSPS) is 15.9. The first-order valence-corrected chi connectivity index (χ1v) is 10.2. The van der Waals surface area contributed by atoms with E-state index in [1.165, 1.54) is 24.4 Å². The highest BCUT2D eigenvalue weighted by Crippen LogP contribution is 2.18. The van der Waals surface area contributed by atoms with E-state index in [1.807, 2.05) is 24.3 Å². The minimum absolute atomic E-state index is 0.154. The first kappa shape index (κ1) is 21.2. The molecule has 5 nitrogen and oxygen atoms in total. The van der Waals surface area contributed by atoms with Crippen molar-refractivity contribution in [3.8, 4) is 0 Å². The summed E-state index contributed by atoms with van der Waals surface area (Å²) in [5.41, 5.74) is 2.30. The molecule has 0 unspecified atom stereocenters. The number of carbonyl (C=O) groups is 1. The molecule has 1 saturated heterocycles. The highest BCUT2D eigenvalue weighted by Gasteiger charge is 2.19. The van der Waals surface area contributed by atoms with Crippen molar-refractivity contribution >= 4 is 17.3 Å². The molecule has 0 bridgehead atoms. The number of rotatable bonds is 7. The van der Waals surface area contributed by atoms with Crippen LogP contribution in [0.25, 0.3) is 0 Å². The van der Waals surface area contributed by atoms with Crippen LogP contribution in [0.4, 0.5) is 20.2 Å². The van der Waals surface area contributed by atoms with E-state index in [4.69, 9.17) is 0 Å². The minimum Gasteiger partial charge on any atom is -0.360 e. The second-order valence-electron chi connectivity index (χ2n) is 7.58. The van der Waals surface area contributed by atoms with E-state index in [-0.39, 0.29) is 18.5 Å². The molecule has 1 amide bonds. The fourth-order valence-electron chi connectivity index (χ4n) is 3.68. The van der Waals surface area contributed by atoms with Crippen molar-refractivity contribution in [3.05, 3.63) is 59.7 Å². The maximum absolute atomic E-state index is 13.8. The summed E-state index contributed by atoms with van der Waals surface area (Å²) in [5.74, 6) is -1.36. The summed E-state index contributed by atoms with van der Waals surface area (Å²) in [5, 5.41) is 4.60. The zero-order valence-electron chi connectivity index (χ0n) is 17.1. The third kappa shape index (κ3) is 5.74. The topological polar surface area (TPSA) is 53.4 Å². The average Bonchev–Trinajstić information content (AvgIpc) is 2.73. The van der Waals surface area contributed by atoms with E-state index in [1.54, 1.807) is 17.1 Å². The quantitative estimate of drug-likeness (QED) is 0.644. The second-order valence-corrected chi connectivity index (χ2v) is 7.58. The molecule has 1 aliphatic heterocycles. The summed E-state index contributed by atoms with van der Waals surface area (Å²) >= 11 is 0. The molecule has 2 aromatic carbocycles. The van der Waals surface area contributed by atoms with Gasteiger partial charge in [-0.1, -0.05) is 0 Å². The molecule has 1 atom stereocenters. The Kier molecular flexibility index (Phi) is 7.17. The average molecular weight is 405 g/mol. The van der Waals surface area contributed by atoms with Crippen LogP contribution in [-0.4, -0.2) is 45.2 Å². The van der Waals surface area contributed by atoms with Crippen LogP contribution in [0.3, 0.4) is 0 Å². The molecule has 1 heterocycles. The maximum atomic E-state index is 13.8. The first-order chi connectivity index (χ1) is 14.0. The van der Waals surface area contributed by atoms with E-state index in [0.29, 0.717) is 5.56 Å². The third-order valence-electron chi connectivity index (χ3n) is 5.60. The molecule has 1 aliphatic rings. The van der Waals surface area contributed by atoms with Crippen LogP contribution in [0.1, 0.15) is 25.5 Å². The summed E-state index contributed by atoms with van der Waals surface area (Å²) in [4.78, 5) is 16.2. The van der Waals surface area contributed by atoms with Crippen LogP contribution >= 0.6 is 0 Å². The number of hydrogen-bond donors (Lipinski definition) is 3. The number of hydrogen-bond acceptors (Lipinski definition) is 2. The lowest BCUT2D eigenvalue weighted by molar-refractivity contribution is -0.898. The maximum Gasteiger partial charge on any atom is 0.279 e. The molecule has 0 radical (unpaired) electrons. The number of nitrogens with two attached hydrogens (primary N) is 1. The SMILES string of the molecule is CC[NH+]1CCN(c2ccc(NC(=O)C[NH2+][C@H](C)c3ccc(F)cc3F)cc2)CC1. The van der Waals surface area contributed by atoms with E-state index >= 15 is 0 Å². The number of amides is 1. The largest absolute Gasteiger partial charge is 0.360 e. The molecular formula is C22H30F2N4O+2. The summed E-state index contributed by atoms with van der Waals surface area (Å²) in [6.45, 7) is 9.72. The Balaban J connectivity index is 1.48. The number of quaternary nitrogens is 2. The van der Waals surface area contributed by atoms with Gasteiger partial charge in [-0.25, -0.2) is 8.78 Å². The minimum atomic E-state index is -0.604. The Morgan fingerprint density at radius 3 is 2.48 bits per heavy atom. The van der Waals surface area contributed by atoms with Gasteiger partial charge in [0.1, 0.15) is 17.7 Å². The standard InChI is InChI=1S/C22H28F2N4O/c1-3-27-10-12-28(13-11-27)19-7-5-18(6-8-19)26-22(29)15-25-16(2)20-9-4-17(23)14-21(20)24/h4-9,14,16,25H,3,10-13,15H2,1-2H3,(H,26,29)/p+2/t16-/m1/s1. The lowest BCUT2D eigenvalue weighted by Gasteiger charge is -2.33. The van der Waals surface area contributed by atoms with Crippen molar-refractivity contribution in [2.45, 2.75) is 19.9 Å². The Labute approximate surface area is 170 Å². The molecule has 0 aliphatic carbocycles. The highest BCUT2D eigenvalue weighted by atomic mass is 19.1. The predicted molar refractivity (Wildman–Crippen MR) is 110 cm³/mol. The van der Waals surface area contributed by atoms with Crippen molar-refractivity contribution in [3.63, 3.8) is 0 Å². The van der Waals surface area contributed by atoms with Crippen LogP contribution in [0.5, 0.6) is 0 Å². The van der Waals surface area contributed by atoms with Gasteiger partial charge >= 0.3 is 0 Å². The number of nitrogens with zero attached hydrogens (tertiary/aromatic N) is 1. The molecule has 1 fully saturated rings. The molecule has 0 spiro atoms. The molecule has 3 rings (SSSR count). The van der Waals surface area contributed by atoms with Gasteiger partial charge in [0, 0.05) is 23.0 Å². The van der Waals surface area contributed by atoms with Crippen LogP contribution < -0.4 is 20.4 Å². The molecule has 2 aromatic rings. The zero-order chi connectivity index (χ0) is 20.8. The number of carbonyl (C=O) groups excluding carboxylic acids is 1. The van der Waals surface area contributed by atoms with Gasteiger partial charge in [0.15, 0.2) is 6.54 Å². The lowest BCUT2D eigenvalue weighted by atomic mass is 10.1. The van der Waals surface area contributed by atoms with E-state index in [2.05, 4.69) is 17.1 Å². The summed E-state index contributed by atoms with van der Waals surface area (Å²) in [6, 6.07) is 11.1. The number of nitrogens with one attached hydrogen (secondary N) is 2. The first-order valence-electron chi connectivity index (χ1n) is 10.2. The van der Waals surface area contributed by atoms with Crippen molar-refractivity contribution in [1.29, 1.82) is 0 Å². The number of halogens is 2. The van der Waals surface area contributed by atoms with Gasteiger partial charge in [-0.2, -0.15) is 0 Å². The molecule has 156 valence electrons. The predicted octanol–water partition coefficient (Wildman–Crippen LogP) is 0.953. The van der Waals surface area contributed by atoms with Crippen LogP contribution in [-0.2, 0) is 4.79 Å². The van der Waals surface area contributed by atoms with Crippen molar-refractivity contribution in [2.24, 2.45) is 0 Å². The van der Waals surface area contributed by atoms with Gasteiger partial charge in [-0.3, -0.25) is 4.79 Å². The van der Waals surface area contributed by atoms with Crippen LogP contribution in [0, 0.1) is 11.6 Å². The molecular weight excluding hydrogens is 374 g/mol. The van der Waals surface area contributed by atoms with Crippen molar-refractivity contribution < 1.29 is 23.8 Å². The zero-order valence-corrected chi connectivity index (χ0v) is 17.1. The lowest BCUT2D eigenvalue weighted by Crippen LogP contribution is -3.14. The molecule has 0 aromatic heterocycles. The number of benzene rings is 2. The van der Waals surface area contributed by atoms with Gasteiger partial charge in [-0.05, 0) is 50.2 Å². The molecule has 7 heteroatoms. The van der Waals surface area contributed by atoms with Crippen molar-refractivity contribution in [1.82, 2.24) is 0 Å². The molecule has 29 heavy (non-hydrogen) atoms. The smallest absolute Gasteiger partial charge is 0.279 e. The van der Waals surface area contributed by atoms with Crippen LogP contribution in [0.15, 0.2) is 42.5 Å². The Bertz CT molecular complexity index is 820. The number of anilines is 2. The van der Waals surface area contributed by atoms with Gasteiger partial charge in [0.25, 0.3) is 5.91 Å². The van der Waals surface area contributed by atoms with E-state index in [0.717, 1.165) is 37.9 Å². The second kappa shape index (κ2) is 9.80. The Morgan fingerprint density at radius 1 is 1.17 bits per heavy atom. The monoisotopic (exact) mass is 404 g/mol. The molecule has 4 N–H and O–H groups in total. The summed E-state index contributed by atoms with van der Waals surface area (Å²) in [7, 11) is 0. The third-order valence-corrected chi connectivity index (χ3v) is 5.60. The fraction of sp³-hybridized carbons (Fsp3) is 0.409. The fourth-order valence-corrected chi connectivity index (χ4v) is 3.68. The highest BCUT2D eigenvalue weighted by molar-refractivity contribution is 5.91. The Hall–Kier alpha value is -2.51. The van der Waals surface area contributed by atoms with Crippen LogP contribution in [0.2, 0.25) is 0 Å². The summed E-state index contributed by atoms with van der Waals surface area (Å²) < 4.78 is 26.9. The summed E-state index contributed by atoms with van der Waals surface area (Å²) in [6.07, 6.45) is 0. The van der Waals surface area contributed by atoms with E-state index < -0.39 is 11.6 Å². The van der Waals surface area contributed by atoms with Gasteiger partial charge < -0.3 is 20.4 Å². The number of piperazine rings is 1. The Morgan fingerprint density at radius 2 is 1.86 bits per heavy atom.